The molecule has 0 saturated carbocycles. The van der Waals surface area contributed by atoms with Crippen LogP contribution in [-0.4, -0.2) is 37.2 Å². The largest absolute Gasteiger partial charge is 0.464 e. The van der Waals surface area contributed by atoms with E-state index in [0.717, 1.165) is 12.8 Å². The topological polar surface area (TPSA) is 93.7 Å². The van der Waals surface area contributed by atoms with Gasteiger partial charge in [0.25, 0.3) is 0 Å². The van der Waals surface area contributed by atoms with Gasteiger partial charge in [0.05, 0.1) is 18.8 Å². The summed E-state index contributed by atoms with van der Waals surface area (Å²) in [6.45, 7) is 5.97. The van der Waals surface area contributed by atoms with E-state index >= 15 is 0 Å². The minimum atomic E-state index is -0.701. The Kier molecular flexibility index (Phi) is 9.06. The van der Waals surface area contributed by atoms with E-state index in [2.05, 4.69) is 10.6 Å². The van der Waals surface area contributed by atoms with Crippen LogP contribution in [0.2, 0.25) is 0 Å². The van der Waals surface area contributed by atoms with Gasteiger partial charge < -0.3 is 20.1 Å². The lowest BCUT2D eigenvalue weighted by Crippen LogP contribution is -2.43. The fourth-order valence-electron chi connectivity index (χ4n) is 2.16. The summed E-state index contributed by atoms with van der Waals surface area (Å²) in [5, 5.41) is 5.24. The van der Waals surface area contributed by atoms with Crippen LogP contribution in [0.5, 0.6) is 0 Å². The first-order valence-electron chi connectivity index (χ1n) is 8.53. The molecule has 0 aliphatic carbocycles. The molecule has 0 aromatic heterocycles. The first kappa shape index (κ1) is 20.5. The Bertz CT molecular complexity index is 589. The molecule has 0 fully saturated rings. The summed E-state index contributed by atoms with van der Waals surface area (Å²) in [5.41, 5.74) is 0.772. The number of hydrogen-bond acceptors (Lipinski definition) is 5. The number of rotatable bonds is 9. The van der Waals surface area contributed by atoms with Gasteiger partial charge in [-0.15, -0.1) is 0 Å². The molecule has 0 spiro atoms. The number of ether oxygens (including phenoxy) is 2. The predicted molar refractivity (Wildman–Crippen MR) is 94.5 cm³/mol. The van der Waals surface area contributed by atoms with Gasteiger partial charge in [0.2, 0.25) is 0 Å². The molecule has 0 bridgehead atoms. The van der Waals surface area contributed by atoms with Crippen LogP contribution in [0, 0.1) is 0 Å². The molecular formula is C18H26N2O5. The maximum Gasteiger partial charge on any atom is 0.338 e. The van der Waals surface area contributed by atoms with Crippen molar-refractivity contribution in [1.82, 2.24) is 5.32 Å². The standard InChI is InChI=1S/C18H26N2O5/c1-4-7-11-15(17(22)25-6-3)20-18(23)19-14-10-8-9-13(12-14)16(21)24-5-2/h8-10,12,15H,4-7,11H2,1-3H3,(H2,19,20,23). The molecule has 138 valence electrons. The van der Waals surface area contributed by atoms with Crippen molar-refractivity contribution in [3.63, 3.8) is 0 Å². The van der Waals surface area contributed by atoms with Crippen molar-refractivity contribution >= 4 is 23.7 Å². The maximum absolute atomic E-state index is 12.2. The van der Waals surface area contributed by atoms with Gasteiger partial charge in [-0.3, -0.25) is 0 Å². The van der Waals surface area contributed by atoms with E-state index in [1.54, 1.807) is 32.0 Å². The van der Waals surface area contributed by atoms with E-state index < -0.39 is 24.0 Å². The molecule has 0 saturated heterocycles. The fraction of sp³-hybridized carbons (Fsp3) is 0.500. The molecule has 0 heterocycles. The van der Waals surface area contributed by atoms with Gasteiger partial charge in [-0.1, -0.05) is 25.8 Å². The summed E-state index contributed by atoms with van der Waals surface area (Å²) in [5.74, 6) is -0.912. The van der Waals surface area contributed by atoms with E-state index in [0.29, 0.717) is 17.7 Å². The van der Waals surface area contributed by atoms with Crippen molar-refractivity contribution < 1.29 is 23.9 Å². The number of carbonyl (C=O) groups is 3. The molecule has 2 N–H and O–H groups in total. The average molecular weight is 350 g/mol. The third-order valence-corrected chi connectivity index (χ3v) is 3.35. The number of anilines is 1. The number of amides is 2. The second-order valence-electron chi connectivity index (χ2n) is 5.35. The Labute approximate surface area is 148 Å². The molecule has 7 nitrogen and oxygen atoms in total. The Hall–Kier alpha value is -2.57. The minimum absolute atomic E-state index is 0.256. The minimum Gasteiger partial charge on any atom is -0.464 e. The SMILES string of the molecule is CCCCC(NC(=O)Nc1cccc(C(=O)OCC)c1)C(=O)OCC. The van der Waals surface area contributed by atoms with Gasteiger partial charge in [-0.05, 0) is 38.5 Å². The lowest BCUT2D eigenvalue weighted by molar-refractivity contribution is -0.145. The highest BCUT2D eigenvalue weighted by Gasteiger charge is 2.21. The maximum atomic E-state index is 12.2. The second kappa shape index (κ2) is 11.1. The van der Waals surface area contributed by atoms with Crippen LogP contribution in [0.1, 0.15) is 50.4 Å². The molecular weight excluding hydrogens is 324 g/mol. The van der Waals surface area contributed by atoms with Crippen LogP contribution in [0.4, 0.5) is 10.5 Å². The van der Waals surface area contributed by atoms with E-state index in [1.165, 1.54) is 6.07 Å². The molecule has 0 radical (unpaired) electrons. The summed E-state index contributed by atoms with van der Waals surface area (Å²) in [6, 6.07) is 5.17. The van der Waals surface area contributed by atoms with Crippen LogP contribution in [0.25, 0.3) is 0 Å². The summed E-state index contributed by atoms with van der Waals surface area (Å²) in [4.78, 5) is 35.8. The van der Waals surface area contributed by atoms with Crippen LogP contribution in [0.3, 0.4) is 0 Å². The zero-order valence-corrected chi connectivity index (χ0v) is 15.0. The Balaban J connectivity index is 2.71. The zero-order chi connectivity index (χ0) is 18.7. The van der Waals surface area contributed by atoms with E-state index in [1.807, 2.05) is 6.92 Å². The number of urea groups is 1. The van der Waals surface area contributed by atoms with Gasteiger partial charge in [-0.2, -0.15) is 0 Å². The predicted octanol–water partition coefficient (Wildman–Crippen LogP) is 3.11. The van der Waals surface area contributed by atoms with Crippen LogP contribution >= 0.6 is 0 Å². The monoisotopic (exact) mass is 350 g/mol. The normalized spacial score (nSPS) is 11.3. The smallest absolute Gasteiger partial charge is 0.338 e. The molecule has 1 aromatic rings. The van der Waals surface area contributed by atoms with Crippen molar-refractivity contribution in [3.05, 3.63) is 29.8 Å². The number of unbranched alkanes of at least 4 members (excludes halogenated alkanes) is 1. The lowest BCUT2D eigenvalue weighted by Gasteiger charge is -2.17. The molecule has 0 aliphatic heterocycles. The number of carbonyl (C=O) groups excluding carboxylic acids is 3. The third-order valence-electron chi connectivity index (χ3n) is 3.35. The molecule has 1 aromatic carbocycles. The molecule has 2 amide bonds. The van der Waals surface area contributed by atoms with E-state index in [9.17, 15) is 14.4 Å². The Morgan fingerprint density at radius 1 is 1.08 bits per heavy atom. The summed E-state index contributed by atoms with van der Waals surface area (Å²) < 4.78 is 9.91. The molecule has 1 rings (SSSR count). The van der Waals surface area contributed by atoms with E-state index in [4.69, 9.17) is 9.47 Å². The van der Waals surface area contributed by atoms with Crippen molar-refractivity contribution in [3.8, 4) is 0 Å². The number of esters is 2. The third kappa shape index (κ3) is 7.24. The average Bonchev–Trinajstić information content (AvgIpc) is 2.59. The van der Waals surface area contributed by atoms with Crippen LogP contribution < -0.4 is 10.6 Å². The zero-order valence-electron chi connectivity index (χ0n) is 15.0. The molecule has 1 unspecified atom stereocenters. The van der Waals surface area contributed by atoms with Gasteiger partial charge in [-0.25, -0.2) is 14.4 Å². The number of hydrogen-bond donors (Lipinski definition) is 2. The van der Waals surface area contributed by atoms with Crippen molar-refractivity contribution in [2.45, 2.75) is 46.1 Å². The molecule has 7 heteroatoms. The van der Waals surface area contributed by atoms with Gasteiger partial charge in [0, 0.05) is 5.69 Å². The van der Waals surface area contributed by atoms with Gasteiger partial charge in [0.1, 0.15) is 6.04 Å². The molecule has 25 heavy (non-hydrogen) atoms. The van der Waals surface area contributed by atoms with Crippen molar-refractivity contribution in [2.24, 2.45) is 0 Å². The molecule has 0 aliphatic rings. The first-order chi connectivity index (χ1) is 12.0. The fourth-order valence-corrected chi connectivity index (χ4v) is 2.16. The first-order valence-corrected chi connectivity index (χ1v) is 8.53. The van der Waals surface area contributed by atoms with Crippen LogP contribution in [0.15, 0.2) is 24.3 Å². The molecule has 1 atom stereocenters. The highest BCUT2D eigenvalue weighted by atomic mass is 16.5. The van der Waals surface area contributed by atoms with Gasteiger partial charge >= 0.3 is 18.0 Å². The second-order valence-corrected chi connectivity index (χ2v) is 5.35. The Morgan fingerprint density at radius 2 is 1.80 bits per heavy atom. The number of nitrogens with one attached hydrogen (secondary N) is 2. The summed E-state index contributed by atoms with van der Waals surface area (Å²) >= 11 is 0. The summed E-state index contributed by atoms with van der Waals surface area (Å²) in [7, 11) is 0. The van der Waals surface area contributed by atoms with Crippen LogP contribution in [-0.2, 0) is 14.3 Å². The van der Waals surface area contributed by atoms with Gasteiger partial charge in [0.15, 0.2) is 0 Å². The van der Waals surface area contributed by atoms with Crippen molar-refractivity contribution in [2.75, 3.05) is 18.5 Å². The Morgan fingerprint density at radius 3 is 2.44 bits per heavy atom. The summed E-state index contributed by atoms with van der Waals surface area (Å²) in [6.07, 6.45) is 2.20. The number of benzene rings is 1. The van der Waals surface area contributed by atoms with Crippen molar-refractivity contribution in [1.29, 1.82) is 0 Å². The highest BCUT2D eigenvalue weighted by molar-refractivity contribution is 5.95. The lowest BCUT2D eigenvalue weighted by atomic mass is 10.1. The quantitative estimate of drug-likeness (QED) is 0.668. The highest BCUT2D eigenvalue weighted by Crippen LogP contribution is 2.12. The van der Waals surface area contributed by atoms with E-state index in [-0.39, 0.29) is 13.2 Å².